The lowest BCUT2D eigenvalue weighted by atomic mass is 9.99. The number of carbonyl (C=O) groups excluding carboxylic acids is 1. The van der Waals surface area contributed by atoms with Crippen LogP contribution in [0, 0.1) is 5.92 Å². The van der Waals surface area contributed by atoms with E-state index in [0.717, 1.165) is 0 Å². The topological polar surface area (TPSA) is 91.8 Å². The molecule has 7 nitrogen and oxygen atoms in total. The number of benzene rings is 1. The summed E-state index contributed by atoms with van der Waals surface area (Å²) in [7, 11) is 0. The first-order valence-corrected chi connectivity index (χ1v) is 8.09. The quantitative estimate of drug-likeness (QED) is 0.891. The largest absolute Gasteiger partial charge is 0.481 e. The Morgan fingerprint density at radius 2 is 2.04 bits per heavy atom. The molecule has 0 radical (unpaired) electrons. The van der Waals surface area contributed by atoms with E-state index in [1.54, 1.807) is 18.3 Å². The number of hydrogen-bond acceptors (Lipinski definition) is 4. The Bertz CT molecular complexity index is 751. The van der Waals surface area contributed by atoms with Crippen LogP contribution in [-0.2, 0) is 4.79 Å². The van der Waals surface area contributed by atoms with Crippen LogP contribution >= 0.6 is 0 Å². The van der Waals surface area contributed by atoms with Gasteiger partial charge in [0, 0.05) is 31.0 Å². The second kappa shape index (κ2) is 7.65. The number of carbonyl (C=O) groups is 2. The van der Waals surface area contributed by atoms with E-state index in [4.69, 9.17) is 9.84 Å². The van der Waals surface area contributed by atoms with Crippen molar-refractivity contribution in [3.8, 4) is 11.6 Å². The highest BCUT2D eigenvalue weighted by atomic mass is 16.5. The van der Waals surface area contributed by atoms with Gasteiger partial charge in [-0.1, -0.05) is 18.2 Å². The Morgan fingerprint density at radius 1 is 1.24 bits per heavy atom. The highest BCUT2D eigenvalue weighted by Gasteiger charge is 2.28. The molecule has 7 heteroatoms. The lowest BCUT2D eigenvalue weighted by molar-refractivity contribution is -0.143. The number of rotatable bonds is 4. The van der Waals surface area contributed by atoms with Crippen molar-refractivity contribution in [1.82, 2.24) is 9.88 Å². The van der Waals surface area contributed by atoms with Crippen LogP contribution < -0.4 is 10.1 Å². The Morgan fingerprint density at radius 3 is 2.80 bits per heavy atom. The smallest absolute Gasteiger partial charge is 0.321 e. The third-order valence-corrected chi connectivity index (χ3v) is 4.01. The molecule has 0 spiro atoms. The van der Waals surface area contributed by atoms with Crippen molar-refractivity contribution in [1.29, 1.82) is 0 Å². The van der Waals surface area contributed by atoms with Crippen LogP contribution in [0.5, 0.6) is 11.6 Å². The van der Waals surface area contributed by atoms with E-state index in [9.17, 15) is 9.59 Å². The first-order chi connectivity index (χ1) is 12.1. The predicted molar refractivity (Wildman–Crippen MR) is 91.7 cm³/mol. The Hall–Kier alpha value is -3.09. The number of piperidine rings is 1. The molecular formula is C18H19N3O4. The molecule has 1 aromatic heterocycles. The molecule has 130 valence electrons. The van der Waals surface area contributed by atoms with Crippen molar-refractivity contribution in [2.75, 3.05) is 18.4 Å². The summed E-state index contributed by atoms with van der Waals surface area (Å²) in [6.45, 7) is 0.772. The van der Waals surface area contributed by atoms with Crippen molar-refractivity contribution in [2.24, 2.45) is 5.92 Å². The normalized spacial score (nSPS) is 17.0. The summed E-state index contributed by atoms with van der Waals surface area (Å²) in [6.07, 6.45) is 2.83. The van der Waals surface area contributed by atoms with Gasteiger partial charge in [-0.05, 0) is 31.0 Å². The Balaban J connectivity index is 1.63. The van der Waals surface area contributed by atoms with Crippen molar-refractivity contribution < 1.29 is 19.4 Å². The maximum atomic E-state index is 12.4. The minimum absolute atomic E-state index is 0.222. The van der Waals surface area contributed by atoms with Gasteiger partial charge in [0.1, 0.15) is 5.75 Å². The van der Waals surface area contributed by atoms with E-state index in [-0.39, 0.29) is 12.6 Å². The number of carboxylic acid groups (broad SMARTS) is 1. The molecule has 2 amide bonds. The summed E-state index contributed by atoms with van der Waals surface area (Å²) >= 11 is 0. The van der Waals surface area contributed by atoms with Crippen molar-refractivity contribution >= 4 is 17.7 Å². The molecule has 3 rings (SSSR count). The zero-order valence-corrected chi connectivity index (χ0v) is 13.6. The standard InChI is InChI=1S/C18H19N3O4/c22-17(23)13-5-4-10-21(12-13)18(24)20-14-8-9-19-16(11-14)25-15-6-2-1-3-7-15/h1-3,6-9,11,13H,4-5,10,12H2,(H,22,23)(H,19,20,24). The number of aromatic nitrogens is 1. The van der Waals surface area contributed by atoms with Crippen LogP contribution in [0.25, 0.3) is 0 Å². The van der Waals surface area contributed by atoms with Gasteiger partial charge in [0.25, 0.3) is 0 Å². The molecule has 1 aromatic carbocycles. The maximum Gasteiger partial charge on any atom is 0.321 e. The highest BCUT2D eigenvalue weighted by molar-refractivity contribution is 5.89. The number of nitrogens with one attached hydrogen (secondary N) is 1. The predicted octanol–water partition coefficient (Wildman–Crippen LogP) is 3.20. The third kappa shape index (κ3) is 4.47. The van der Waals surface area contributed by atoms with Crippen molar-refractivity contribution in [2.45, 2.75) is 12.8 Å². The molecule has 25 heavy (non-hydrogen) atoms. The third-order valence-electron chi connectivity index (χ3n) is 4.01. The van der Waals surface area contributed by atoms with Gasteiger partial charge >= 0.3 is 12.0 Å². The maximum absolute atomic E-state index is 12.4. The van der Waals surface area contributed by atoms with Crippen LogP contribution in [-0.4, -0.2) is 40.1 Å². The van der Waals surface area contributed by atoms with Crippen molar-refractivity contribution in [3.05, 3.63) is 48.7 Å². The van der Waals surface area contributed by atoms with E-state index in [1.807, 2.05) is 30.3 Å². The molecule has 1 unspecified atom stereocenters. The van der Waals surface area contributed by atoms with Gasteiger partial charge in [0.2, 0.25) is 5.88 Å². The average Bonchev–Trinajstić information content (AvgIpc) is 2.63. The fourth-order valence-corrected chi connectivity index (χ4v) is 2.72. The molecule has 0 saturated carbocycles. The summed E-state index contributed by atoms with van der Waals surface area (Å²) in [5, 5.41) is 11.9. The summed E-state index contributed by atoms with van der Waals surface area (Å²) in [4.78, 5) is 29.1. The number of pyridine rings is 1. The van der Waals surface area contributed by atoms with Gasteiger partial charge in [-0.3, -0.25) is 4.79 Å². The summed E-state index contributed by atoms with van der Waals surface area (Å²) in [5.74, 6) is -0.348. The van der Waals surface area contributed by atoms with Gasteiger partial charge in [0.05, 0.1) is 5.92 Å². The number of carboxylic acids is 1. The molecule has 1 atom stereocenters. The molecule has 0 aliphatic carbocycles. The molecule has 1 saturated heterocycles. The van der Waals surface area contributed by atoms with Crippen LogP contribution in [0.1, 0.15) is 12.8 Å². The van der Waals surface area contributed by atoms with Crippen LogP contribution in [0.4, 0.5) is 10.5 Å². The second-order valence-electron chi connectivity index (χ2n) is 5.85. The lowest BCUT2D eigenvalue weighted by Gasteiger charge is -2.30. The van der Waals surface area contributed by atoms with Crippen LogP contribution in [0.15, 0.2) is 48.7 Å². The van der Waals surface area contributed by atoms with Gasteiger partial charge in [-0.25, -0.2) is 9.78 Å². The lowest BCUT2D eigenvalue weighted by Crippen LogP contribution is -2.44. The molecule has 1 aliphatic heterocycles. The van der Waals surface area contributed by atoms with E-state index in [2.05, 4.69) is 10.3 Å². The average molecular weight is 341 g/mol. The summed E-state index contributed by atoms with van der Waals surface area (Å²) in [5.41, 5.74) is 0.545. The van der Waals surface area contributed by atoms with Gasteiger partial charge in [-0.2, -0.15) is 0 Å². The number of urea groups is 1. The van der Waals surface area contributed by atoms with Crippen molar-refractivity contribution in [3.63, 3.8) is 0 Å². The fraction of sp³-hybridized carbons (Fsp3) is 0.278. The first-order valence-electron chi connectivity index (χ1n) is 8.09. The summed E-state index contributed by atoms with van der Waals surface area (Å²) < 4.78 is 5.64. The molecule has 2 aromatic rings. The number of nitrogens with zero attached hydrogens (tertiary/aromatic N) is 2. The highest BCUT2D eigenvalue weighted by Crippen LogP contribution is 2.22. The number of aliphatic carboxylic acids is 1. The first kappa shape index (κ1) is 16.8. The molecular weight excluding hydrogens is 322 g/mol. The van der Waals surface area contributed by atoms with E-state index in [0.29, 0.717) is 36.7 Å². The minimum atomic E-state index is -0.861. The van der Waals surface area contributed by atoms with Gasteiger partial charge in [0.15, 0.2) is 0 Å². The SMILES string of the molecule is O=C(O)C1CCCN(C(=O)Nc2ccnc(Oc3ccccc3)c2)C1. The molecule has 2 N–H and O–H groups in total. The van der Waals surface area contributed by atoms with Crippen LogP contribution in [0.2, 0.25) is 0 Å². The number of hydrogen-bond donors (Lipinski definition) is 2. The second-order valence-corrected chi connectivity index (χ2v) is 5.85. The minimum Gasteiger partial charge on any atom is -0.481 e. The summed E-state index contributed by atoms with van der Waals surface area (Å²) in [6, 6.07) is 12.2. The van der Waals surface area contributed by atoms with Crippen LogP contribution in [0.3, 0.4) is 0 Å². The Labute approximate surface area is 145 Å². The fourth-order valence-electron chi connectivity index (χ4n) is 2.72. The Kier molecular flexibility index (Phi) is 5.13. The molecule has 1 fully saturated rings. The molecule has 1 aliphatic rings. The van der Waals surface area contributed by atoms with E-state index < -0.39 is 11.9 Å². The number of amides is 2. The molecule has 2 heterocycles. The van der Waals surface area contributed by atoms with Gasteiger partial charge in [-0.15, -0.1) is 0 Å². The number of ether oxygens (including phenoxy) is 1. The van der Waals surface area contributed by atoms with E-state index >= 15 is 0 Å². The zero-order chi connectivity index (χ0) is 17.6. The monoisotopic (exact) mass is 341 g/mol. The van der Waals surface area contributed by atoms with E-state index in [1.165, 1.54) is 4.90 Å². The molecule has 0 bridgehead atoms. The zero-order valence-electron chi connectivity index (χ0n) is 13.6. The number of para-hydroxylation sites is 1. The van der Waals surface area contributed by atoms with Gasteiger partial charge < -0.3 is 20.1 Å². The number of likely N-dealkylation sites (tertiary alicyclic amines) is 1. The number of anilines is 1.